The van der Waals surface area contributed by atoms with Gasteiger partial charge in [-0.15, -0.1) is 0 Å². The molecule has 1 saturated heterocycles. The summed E-state index contributed by atoms with van der Waals surface area (Å²) in [6, 6.07) is 9.50. The first-order chi connectivity index (χ1) is 9.18. The Morgan fingerprint density at radius 1 is 1.21 bits per heavy atom. The van der Waals surface area contributed by atoms with E-state index in [2.05, 4.69) is 0 Å². The summed E-state index contributed by atoms with van der Waals surface area (Å²) in [5, 5.41) is 0. The smallest absolute Gasteiger partial charge is 0.240 e. The van der Waals surface area contributed by atoms with Crippen molar-refractivity contribution in [3.8, 4) is 0 Å². The minimum Gasteiger partial charge on any atom is -0.368 e. The lowest BCUT2D eigenvalue weighted by Gasteiger charge is -2.33. The van der Waals surface area contributed by atoms with Crippen LogP contribution in [0.2, 0.25) is 0 Å². The van der Waals surface area contributed by atoms with Crippen LogP contribution in [-0.2, 0) is 16.0 Å². The fraction of sp³-hybridized carbons (Fsp3) is 0.467. The van der Waals surface area contributed by atoms with Gasteiger partial charge in [0, 0.05) is 13.0 Å². The molecule has 4 heteroatoms. The zero-order valence-corrected chi connectivity index (χ0v) is 11.0. The molecule has 2 amide bonds. The Morgan fingerprint density at radius 3 is 2.63 bits per heavy atom. The average Bonchev–Trinajstić information content (AvgIpc) is 2.46. The Balaban J connectivity index is 1.93. The summed E-state index contributed by atoms with van der Waals surface area (Å²) >= 11 is 0. The van der Waals surface area contributed by atoms with E-state index in [9.17, 15) is 9.59 Å². The molecule has 1 aromatic rings. The Bertz CT molecular complexity index is 445. The molecular formula is C15H20N2O2. The number of nitrogens with two attached hydrogens (primary N) is 1. The van der Waals surface area contributed by atoms with E-state index < -0.39 is 6.04 Å². The van der Waals surface area contributed by atoms with Crippen molar-refractivity contribution in [1.82, 2.24) is 4.90 Å². The third kappa shape index (κ3) is 3.56. The molecule has 0 bridgehead atoms. The van der Waals surface area contributed by atoms with E-state index in [-0.39, 0.29) is 11.8 Å². The highest BCUT2D eigenvalue weighted by Crippen LogP contribution is 2.18. The van der Waals surface area contributed by atoms with Gasteiger partial charge in [-0.2, -0.15) is 0 Å². The number of aryl methyl sites for hydroxylation is 1. The van der Waals surface area contributed by atoms with Crippen molar-refractivity contribution in [3.05, 3.63) is 35.9 Å². The fourth-order valence-electron chi connectivity index (χ4n) is 2.57. The SMILES string of the molecule is NC(=O)C1CCCCN1C(=O)CCc1ccccc1. The highest BCUT2D eigenvalue weighted by molar-refractivity contribution is 5.86. The van der Waals surface area contributed by atoms with Crippen LogP contribution >= 0.6 is 0 Å². The molecular weight excluding hydrogens is 240 g/mol. The summed E-state index contributed by atoms with van der Waals surface area (Å²) in [7, 11) is 0. The molecule has 1 aliphatic heterocycles. The summed E-state index contributed by atoms with van der Waals surface area (Å²) < 4.78 is 0. The third-order valence-electron chi connectivity index (χ3n) is 3.62. The predicted octanol–water partition coefficient (Wildman–Crippen LogP) is 1.49. The number of rotatable bonds is 4. The fourth-order valence-corrected chi connectivity index (χ4v) is 2.57. The molecule has 1 unspecified atom stereocenters. The summed E-state index contributed by atoms with van der Waals surface area (Å²) in [5.41, 5.74) is 6.51. The van der Waals surface area contributed by atoms with Crippen LogP contribution < -0.4 is 5.73 Å². The van der Waals surface area contributed by atoms with E-state index in [0.717, 1.165) is 18.4 Å². The van der Waals surface area contributed by atoms with Crippen molar-refractivity contribution >= 4 is 11.8 Å². The van der Waals surface area contributed by atoms with Gasteiger partial charge in [0.25, 0.3) is 0 Å². The highest BCUT2D eigenvalue weighted by Gasteiger charge is 2.29. The molecule has 0 spiro atoms. The van der Waals surface area contributed by atoms with Crippen LogP contribution in [0.1, 0.15) is 31.2 Å². The lowest BCUT2D eigenvalue weighted by molar-refractivity contribution is -0.141. The van der Waals surface area contributed by atoms with E-state index in [1.54, 1.807) is 4.90 Å². The van der Waals surface area contributed by atoms with Crippen LogP contribution in [0.5, 0.6) is 0 Å². The zero-order chi connectivity index (χ0) is 13.7. The van der Waals surface area contributed by atoms with E-state index in [0.29, 0.717) is 25.8 Å². The number of hydrogen-bond donors (Lipinski definition) is 1. The lowest BCUT2D eigenvalue weighted by Crippen LogP contribution is -2.50. The normalized spacial score (nSPS) is 19.2. The highest BCUT2D eigenvalue weighted by atomic mass is 16.2. The van der Waals surface area contributed by atoms with Gasteiger partial charge in [-0.25, -0.2) is 0 Å². The van der Waals surface area contributed by atoms with Gasteiger partial charge in [0.1, 0.15) is 6.04 Å². The van der Waals surface area contributed by atoms with Crippen molar-refractivity contribution in [2.75, 3.05) is 6.54 Å². The molecule has 19 heavy (non-hydrogen) atoms. The second-order valence-electron chi connectivity index (χ2n) is 4.99. The molecule has 4 nitrogen and oxygen atoms in total. The Labute approximate surface area is 113 Å². The largest absolute Gasteiger partial charge is 0.368 e. The maximum atomic E-state index is 12.2. The number of nitrogens with zero attached hydrogens (tertiary/aromatic N) is 1. The topological polar surface area (TPSA) is 63.4 Å². The van der Waals surface area contributed by atoms with Gasteiger partial charge in [-0.3, -0.25) is 9.59 Å². The number of amides is 2. The van der Waals surface area contributed by atoms with E-state index in [1.165, 1.54) is 0 Å². The van der Waals surface area contributed by atoms with Crippen LogP contribution in [-0.4, -0.2) is 29.3 Å². The van der Waals surface area contributed by atoms with Crippen LogP contribution in [0.25, 0.3) is 0 Å². The number of hydrogen-bond acceptors (Lipinski definition) is 2. The average molecular weight is 260 g/mol. The standard InChI is InChI=1S/C15H20N2O2/c16-15(19)13-8-4-5-11-17(13)14(18)10-9-12-6-2-1-3-7-12/h1-3,6-7,13H,4-5,8-11H2,(H2,16,19). The molecule has 1 atom stereocenters. The van der Waals surface area contributed by atoms with Crippen molar-refractivity contribution in [2.45, 2.75) is 38.1 Å². The first-order valence-electron chi connectivity index (χ1n) is 6.81. The van der Waals surface area contributed by atoms with Crippen LogP contribution in [0.15, 0.2) is 30.3 Å². The lowest BCUT2D eigenvalue weighted by atomic mass is 10.0. The van der Waals surface area contributed by atoms with E-state index in [4.69, 9.17) is 5.73 Å². The van der Waals surface area contributed by atoms with Gasteiger partial charge in [-0.05, 0) is 31.2 Å². The van der Waals surface area contributed by atoms with E-state index in [1.807, 2.05) is 30.3 Å². The molecule has 1 fully saturated rings. The van der Waals surface area contributed by atoms with Crippen molar-refractivity contribution in [1.29, 1.82) is 0 Å². The molecule has 2 rings (SSSR count). The number of carbonyl (C=O) groups excluding carboxylic acids is 2. The summed E-state index contributed by atoms with van der Waals surface area (Å²) in [5.74, 6) is -0.347. The number of piperidine rings is 1. The molecule has 102 valence electrons. The van der Waals surface area contributed by atoms with Gasteiger partial charge in [0.2, 0.25) is 11.8 Å². The number of likely N-dealkylation sites (tertiary alicyclic amines) is 1. The predicted molar refractivity (Wildman–Crippen MR) is 73.3 cm³/mol. The minimum atomic E-state index is -0.406. The molecule has 1 aromatic carbocycles. The van der Waals surface area contributed by atoms with Crippen molar-refractivity contribution in [3.63, 3.8) is 0 Å². The Hall–Kier alpha value is -1.84. The van der Waals surface area contributed by atoms with E-state index >= 15 is 0 Å². The minimum absolute atomic E-state index is 0.0346. The first-order valence-corrected chi connectivity index (χ1v) is 6.81. The number of primary amides is 1. The number of carbonyl (C=O) groups is 2. The van der Waals surface area contributed by atoms with Gasteiger partial charge < -0.3 is 10.6 Å². The molecule has 2 N–H and O–H groups in total. The third-order valence-corrected chi connectivity index (χ3v) is 3.62. The van der Waals surface area contributed by atoms with Crippen molar-refractivity contribution in [2.24, 2.45) is 5.73 Å². The first kappa shape index (κ1) is 13.6. The van der Waals surface area contributed by atoms with Crippen LogP contribution in [0.4, 0.5) is 0 Å². The second kappa shape index (κ2) is 6.36. The Kier molecular flexibility index (Phi) is 4.55. The van der Waals surface area contributed by atoms with Crippen LogP contribution in [0, 0.1) is 0 Å². The number of benzene rings is 1. The van der Waals surface area contributed by atoms with Gasteiger partial charge in [0.15, 0.2) is 0 Å². The molecule has 0 aromatic heterocycles. The zero-order valence-electron chi connectivity index (χ0n) is 11.0. The monoisotopic (exact) mass is 260 g/mol. The second-order valence-corrected chi connectivity index (χ2v) is 4.99. The summed E-state index contributed by atoms with van der Waals surface area (Å²) in [6.07, 6.45) is 3.78. The van der Waals surface area contributed by atoms with Gasteiger partial charge in [0.05, 0.1) is 0 Å². The maximum Gasteiger partial charge on any atom is 0.240 e. The quantitative estimate of drug-likeness (QED) is 0.891. The molecule has 0 saturated carbocycles. The Morgan fingerprint density at radius 2 is 1.95 bits per heavy atom. The molecule has 1 heterocycles. The van der Waals surface area contributed by atoms with Gasteiger partial charge >= 0.3 is 0 Å². The van der Waals surface area contributed by atoms with Gasteiger partial charge in [-0.1, -0.05) is 30.3 Å². The van der Waals surface area contributed by atoms with Crippen molar-refractivity contribution < 1.29 is 9.59 Å². The maximum absolute atomic E-state index is 12.2. The summed E-state index contributed by atoms with van der Waals surface area (Å²) in [6.45, 7) is 0.654. The molecule has 0 radical (unpaired) electrons. The summed E-state index contributed by atoms with van der Waals surface area (Å²) in [4.78, 5) is 25.2. The van der Waals surface area contributed by atoms with Crippen LogP contribution in [0.3, 0.4) is 0 Å². The molecule has 0 aliphatic carbocycles. The molecule has 1 aliphatic rings.